The van der Waals surface area contributed by atoms with Gasteiger partial charge >= 0.3 is 0 Å². The van der Waals surface area contributed by atoms with Crippen molar-refractivity contribution >= 4 is 11.9 Å². The highest BCUT2D eigenvalue weighted by molar-refractivity contribution is 5.80. The Morgan fingerprint density at radius 2 is 2.17 bits per heavy atom. The maximum Gasteiger partial charge on any atom is 0.222 e. The third-order valence-corrected chi connectivity index (χ3v) is 5.31. The van der Waals surface area contributed by atoms with Gasteiger partial charge in [0.25, 0.3) is 0 Å². The summed E-state index contributed by atoms with van der Waals surface area (Å²) in [6, 6.07) is 4.38. The van der Waals surface area contributed by atoms with Crippen molar-refractivity contribution in [2.24, 2.45) is 4.99 Å². The molecular formula is C22H34N4O3. The molecule has 0 aliphatic carbocycles. The minimum atomic E-state index is 0.202. The highest BCUT2D eigenvalue weighted by Gasteiger charge is 2.26. The van der Waals surface area contributed by atoms with E-state index in [0.717, 1.165) is 55.5 Å². The number of likely N-dealkylation sites (tertiary alicyclic amines) is 1. The van der Waals surface area contributed by atoms with Crippen molar-refractivity contribution in [3.05, 3.63) is 23.3 Å². The highest BCUT2D eigenvalue weighted by atomic mass is 16.5. The van der Waals surface area contributed by atoms with Crippen LogP contribution in [0.5, 0.6) is 11.5 Å². The molecule has 2 heterocycles. The average molecular weight is 403 g/mol. The standard InChI is InChI=1S/C22H34N4O3/c1-5-21(27)26-9-8-18(14-26)25-22(23-6-2)24-13-17-12-20-16(10-15(4)29-20)11-19(17)28-7-3/h11-12,15,18H,5-10,13-14H2,1-4H3,(H2,23,24,25). The molecule has 1 saturated heterocycles. The van der Waals surface area contributed by atoms with Gasteiger partial charge in [0.15, 0.2) is 5.96 Å². The van der Waals surface area contributed by atoms with Gasteiger partial charge in [-0.3, -0.25) is 4.79 Å². The predicted molar refractivity (Wildman–Crippen MR) is 115 cm³/mol. The SMILES string of the molecule is CCNC(=NCc1cc2c(cc1OCC)CC(C)O2)NC1CCN(C(=O)CC)C1. The minimum absolute atomic E-state index is 0.202. The molecule has 160 valence electrons. The summed E-state index contributed by atoms with van der Waals surface area (Å²) in [4.78, 5) is 18.6. The zero-order valence-corrected chi connectivity index (χ0v) is 18.1. The van der Waals surface area contributed by atoms with Gasteiger partial charge in [-0.2, -0.15) is 0 Å². The van der Waals surface area contributed by atoms with Crippen molar-refractivity contribution in [3.63, 3.8) is 0 Å². The predicted octanol–water partition coefficient (Wildman–Crippen LogP) is 2.47. The van der Waals surface area contributed by atoms with Gasteiger partial charge in [-0.15, -0.1) is 0 Å². The lowest BCUT2D eigenvalue weighted by atomic mass is 10.1. The molecule has 3 rings (SSSR count). The van der Waals surface area contributed by atoms with Crippen LogP contribution in [0.3, 0.4) is 0 Å². The number of hydrogen-bond acceptors (Lipinski definition) is 4. The van der Waals surface area contributed by atoms with E-state index in [1.807, 2.05) is 18.7 Å². The van der Waals surface area contributed by atoms with Crippen molar-refractivity contribution < 1.29 is 14.3 Å². The lowest BCUT2D eigenvalue weighted by molar-refractivity contribution is -0.129. The van der Waals surface area contributed by atoms with Crippen LogP contribution in [0.15, 0.2) is 17.1 Å². The molecule has 2 aliphatic heterocycles. The van der Waals surface area contributed by atoms with Crippen LogP contribution in [0.25, 0.3) is 0 Å². The number of hydrogen-bond donors (Lipinski definition) is 2. The Bertz CT molecular complexity index is 750. The van der Waals surface area contributed by atoms with Crippen molar-refractivity contribution in [1.29, 1.82) is 0 Å². The topological polar surface area (TPSA) is 75.2 Å². The molecule has 7 heteroatoms. The van der Waals surface area contributed by atoms with Gasteiger partial charge in [0.05, 0.1) is 13.2 Å². The summed E-state index contributed by atoms with van der Waals surface area (Å²) in [5, 5.41) is 6.79. The van der Waals surface area contributed by atoms with E-state index in [9.17, 15) is 4.79 Å². The Morgan fingerprint density at radius 1 is 1.34 bits per heavy atom. The molecule has 1 aromatic carbocycles. The molecule has 1 aromatic rings. The van der Waals surface area contributed by atoms with E-state index in [0.29, 0.717) is 19.6 Å². The third kappa shape index (κ3) is 5.34. The zero-order valence-electron chi connectivity index (χ0n) is 18.1. The molecule has 2 unspecified atom stereocenters. The van der Waals surface area contributed by atoms with E-state index < -0.39 is 0 Å². The molecule has 0 saturated carbocycles. The van der Waals surface area contributed by atoms with E-state index >= 15 is 0 Å². The van der Waals surface area contributed by atoms with Gasteiger partial charge in [-0.05, 0) is 39.3 Å². The van der Waals surface area contributed by atoms with Gasteiger partial charge in [-0.1, -0.05) is 6.92 Å². The third-order valence-electron chi connectivity index (χ3n) is 5.31. The molecule has 7 nitrogen and oxygen atoms in total. The largest absolute Gasteiger partial charge is 0.494 e. The first-order valence-electron chi connectivity index (χ1n) is 10.8. The van der Waals surface area contributed by atoms with Crippen LogP contribution in [-0.2, 0) is 17.8 Å². The van der Waals surface area contributed by atoms with Crippen LogP contribution in [0.1, 0.15) is 51.7 Å². The van der Waals surface area contributed by atoms with Gasteiger partial charge in [0.2, 0.25) is 5.91 Å². The number of guanidine groups is 1. The first kappa shape index (κ1) is 21.3. The minimum Gasteiger partial charge on any atom is -0.494 e. The van der Waals surface area contributed by atoms with Crippen molar-refractivity contribution in [1.82, 2.24) is 15.5 Å². The Kier molecular flexibility index (Phi) is 7.23. The molecule has 0 bridgehead atoms. The van der Waals surface area contributed by atoms with E-state index in [1.165, 1.54) is 5.56 Å². The maximum absolute atomic E-state index is 11.9. The summed E-state index contributed by atoms with van der Waals surface area (Å²) < 4.78 is 11.8. The highest BCUT2D eigenvalue weighted by Crippen LogP contribution is 2.35. The van der Waals surface area contributed by atoms with Crippen LogP contribution < -0.4 is 20.1 Å². The monoisotopic (exact) mass is 402 g/mol. The van der Waals surface area contributed by atoms with Gasteiger partial charge in [0, 0.05) is 49.6 Å². The van der Waals surface area contributed by atoms with Crippen LogP contribution in [0.2, 0.25) is 0 Å². The van der Waals surface area contributed by atoms with Crippen LogP contribution in [0.4, 0.5) is 0 Å². The van der Waals surface area contributed by atoms with Crippen molar-refractivity contribution in [3.8, 4) is 11.5 Å². The Labute approximate surface area is 173 Å². The molecule has 2 aliphatic rings. The lowest BCUT2D eigenvalue weighted by Gasteiger charge is -2.19. The molecule has 1 fully saturated rings. The fraction of sp³-hybridized carbons (Fsp3) is 0.636. The molecule has 29 heavy (non-hydrogen) atoms. The molecule has 0 radical (unpaired) electrons. The second-order valence-corrected chi connectivity index (χ2v) is 7.65. The number of carbonyl (C=O) groups is 1. The Hall–Kier alpha value is -2.44. The van der Waals surface area contributed by atoms with E-state index in [4.69, 9.17) is 14.5 Å². The molecule has 0 aromatic heterocycles. The molecular weight excluding hydrogens is 368 g/mol. The van der Waals surface area contributed by atoms with E-state index in [2.05, 4.69) is 36.6 Å². The normalized spacial score (nSPS) is 21.0. The number of benzene rings is 1. The maximum atomic E-state index is 11.9. The lowest BCUT2D eigenvalue weighted by Crippen LogP contribution is -2.45. The summed E-state index contributed by atoms with van der Waals surface area (Å²) in [7, 11) is 0. The molecule has 0 spiro atoms. The summed E-state index contributed by atoms with van der Waals surface area (Å²) >= 11 is 0. The molecule has 2 atom stereocenters. The summed E-state index contributed by atoms with van der Waals surface area (Å²) in [6.07, 6.45) is 2.61. The zero-order chi connectivity index (χ0) is 20.8. The van der Waals surface area contributed by atoms with Crippen molar-refractivity contribution in [2.45, 2.75) is 65.6 Å². The summed E-state index contributed by atoms with van der Waals surface area (Å²) in [6.45, 7) is 11.5. The van der Waals surface area contributed by atoms with E-state index in [-0.39, 0.29) is 18.1 Å². The number of fused-ring (bicyclic) bond motifs is 1. The van der Waals surface area contributed by atoms with Crippen LogP contribution >= 0.6 is 0 Å². The van der Waals surface area contributed by atoms with E-state index in [1.54, 1.807) is 0 Å². The van der Waals surface area contributed by atoms with Crippen LogP contribution in [-0.4, -0.2) is 55.2 Å². The number of nitrogens with zero attached hydrogens (tertiary/aromatic N) is 2. The number of rotatable bonds is 7. The van der Waals surface area contributed by atoms with Gasteiger partial charge in [-0.25, -0.2) is 4.99 Å². The number of carbonyl (C=O) groups excluding carboxylic acids is 1. The molecule has 1 amide bonds. The Balaban J connectivity index is 1.70. The van der Waals surface area contributed by atoms with Crippen molar-refractivity contribution in [2.75, 3.05) is 26.2 Å². The smallest absolute Gasteiger partial charge is 0.222 e. The van der Waals surface area contributed by atoms with Gasteiger partial charge < -0.3 is 25.0 Å². The quantitative estimate of drug-likeness (QED) is 0.541. The first-order chi connectivity index (χ1) is 14.0. The average Bonchev–Trinajstić information content (AvgIpc) is 3.31. The second-order valence-electron chi connectivity index (χ2n) is 7.65. The Morgan fingerprint density at radius 3 is 2.90 bits per heavy atom. The summed E-state index contributed by atoms with van der Waals surface area (Å²) in [5.74, 6) is 2.79. The second kappa shape index (κ2) is 9.85. The first-order valence-corrected chi connectivity index (χ1v) is 10.8. The number of ether oxygens (including phenoxy) is 2. The summed E-state index contributed by atoms with van der Waals surface area (Å²) in [5.41, 5.74) is 2.22. The number of amides is 1. The fourth-order valence-corrected chi connectivity index (χ4v) is 3.90. The van der Waals surface area contributed by atoms with Crippen LogP contribution in [0, 0.1) is 0 Å². The molecule has 2 N–H and O–H groups in total. The number of nitrogens with one attached hydrogen (secondary N) is 2. The van der Waals surface area contributed by atoms with Gasteiger partial charge in [0.1, 0.15) is 17.6 Å². The number of aliphatic imine (C=N–C) groups is 1. The fourth-order valence-electron chi connectivity index (χ4n) is 3.90.